The number of sulfonamides is 1. The van der Waals surface area contributed by atoms with Crippen LogP contribution in [0.3, 0.4) is 0 Å². The number of nitrogens with two attached hydrogens (primary N) is 1. The van der Waals surface area contributed by atoms with E-state index in [9.17, 15) is 13.2 Å². The fourth-order valence-electron chi connectivity index (χ4n) is 1.63. The lowest BCUT2D eigenvalue weighted by Crippen LogP contribution is -2.34. The van der Waals surface area contributed by atoms with Gasteiger partial charge in [-0.25, -0.2) is 13.1 Å². The Morgan fingerprint density at radius 2 is 1.95 bits per heavy atom. The summed E-state index contributed by atoms with van der Waals surface area (Å²) in [7, 11) is -3.91. The Balaban J connectivity index is 2.77. The number of anilines is 1. The van der Waals surface area contributed by atoms with Gasteiger partial charge in [-0.2, -0.15) is 0 Å². The molecule has 0 atom stereocenters. The molecule has 0 radical (unpaired) electrons. The van der Waals surface area contributed by atoms with Crippen molar-refractivity contribution < 1.29 is 13.2 Å². The number of hydrogen-bond donors (Lipinski definition) is 3. The Kier molecular flexibility index (Phi) is 6.27. The average Bonchev–Trinajstić information content (AvgIpc) is 2.24. The molecule has 1 aromatic carbocycles. The molecule has 1 rings (SSSR count). The topological polar surface area (TPSA) is 101 Å². The molecule has 118 valence electrons. The maximum absolute atomic E-state index is 12.1. The molecule has 0 heterocycles. The number of nitrogens with one attached hydrogen (secondary N) is 2. The highest BCUT2D eigenvalue weighted by Crippen LogP contribution is 2.30. The first-order chi connectivity index (χ1) is 9.63. The Morgan fingerprint density at radius 3 is 2.48 bits per heavy atom. The van der Waals surface area contributed by atoms with Gasteiger partial charge < -0.3 is 11.1 Å². The Bertz CT molecular complexity index is 610. The first-order valence-corrected chi connectivity index (χ1v) is 8.41. The van der Waals surface area contributed by atoms with E-state index in [1.807, 2.05) is 13.8 Å². The minimum atomic E-state index is -3.91. The minimum Gasteiger partial charge on any atom is -0.398 e. The van der Waals surface area contributed by atoms with Crippen LogP contribution in [0, 0.1) is 0 Å². The maximum atomic E-state index is 12.1. The van der Waals surface area contributed by atoms with Crippen molar-refractivity contribution in [3.8, 4) is 0 Å². The van der Waals surface area contributed by atoms with Gasteiger partial charge in [0.25, 0.3) is 0 Å². The zero-order valence-corrected chi connectivity index (χ0v) is 13.9. The SMILES string of the molecule is CC(C)NC(=O)CCNS(=O)(=O)c1c(N)cc(Cl)cc1Cl. The fourth-order valence-corrected chi connectivity index (χ4v) is 3.64. The van der Waals surface area contributed by atoms with Gasteiger partial charge in [-0.05, 0) is 26.0 Å². The van der Waals surface area contributed by atoms with Crippen LogP contribution < -0.4 is 15.8 Å². The number of rotatable bonds is 6. The van der Waals surface area contributed by atoms with Crippen molar-refractivity contribution in [1.82, 2.24) is 10.0 Å². The third kappa shape index (κ3) is 5.35. The summed E-state index contributed by atoms with van der Waals surface area (Å²) < 4.78 is 26.6. The van der Waals surface area contributed by atoms with Crippen molar-refractivity contribution >= 4 is 44.8 Å². The summed E-state index contributed by atoms with van der Waals surface area (Å²) in [5.74, 6) is -0.247. The molecule has 0 bridgehead atoms. The molecular formula is C12H17Cl2N3O3S. The predicted octanol–water partition coefficient (Wildman–Crippen LogP) is 1.77. The quantitative estimate of drug-likeness (QED) is 0.678. The highest BCUT2D eigenvalue weighted by atomic mass is 35.5. The fraction of sp³-hybridized carbons (Fsp3) is 0.417. The van der Waals surface area contributed by atoms with Gasteiger partial charge in [-0.3, -0.25) is 4.79 Å². The highest BCUT2D eigenvalue weighted by Gasteiger charge is 2.22. The first-order valence-electron chi connectivity index (χ1n) is 6.17. The van der Waals surface area contributed by atoms with E-state index in [1.54, 1.807) is 0 Å². The monoisotopic (exact) mass is 353 g/mol. The molecule has 0 saturated heterocycles. The molecule has 0 aliphatic heterocycles. The van der Waals surface area contributed by atoms with Crippen molar-refractivity contribution in [2.75, 3.05) is 12.3 Å². The summed E-state index contributed by atoms with van der Waals surface area (Å²) in [6, 6.07) is 2.59. The number of carbonyl (C=O) groups excluding carboxylic acids is 1. The number of carbonyl (C=O) groups is 1. The molecule has 0 fully saturated rings. The summed E-state index contributed by atoms with van der Waals surface area (Å²) in [4.78, 5) is 11.2. The Morgan fingerprint density at radius 1 is 1.33 bits per heavy atom. The molecule has 0 spiro atoms. The molecule has 1 amide bonds. The van der Waals surface area contributed by atoms with Gasteiger partial charge in [0.15, 0.2) is 0 Å². The molecule has 0 aromatic heterocycles. The van der Waals surface area contributed by atoms with Crippen LogP contribution in [0.15, 0.2) is 17.0 Å². The summed E-state index contributed by atoms with van der Waals surface area (Å²) in [6.07, 6.45) is 0.0164. The number of benzene rings is 1. The third-order valence-electron chi connectivity index (χ3n) is 2.40. The van der Waals surface area contributed by atoms with E-state index in [2.05, 4.69) is 10.0 Å². The van der Waals surface area contributed by atoms with Crippen LogP contribution in [0.5, 0.6) is 0 Å². The molecule has 4 N–H and O–H groups in total. The van der Waals surface area contributed by atoms with Gasteiger partial charge in [0.05, 0.1) is 10.7 Å². The van der Waals surface area contributed by atoms with E-state index in [1.165, 1.54) is 12.1 Å². The van der Waals surface area contributed by atoms with Gasteiger partial charge in [-0.15, -0.1) is 0 Å². The van der Waals surface area contributed by atoms with Crippen molar-refractivity contribution in [3.63, 3.8) is 0 Å². The Hall–Kier alpha value is -1.02. The second-order valence-electron chi connectivity index (χ2n) is 4.68. The molecule has 0 aliphatic carbocycles. The molecule has 0 saturated carbocycles. The molecule has 9 heteroatoms. The molecule has 0 unspecified atom stereocenters. The summed E-state index contributed by atoms with van der Waals surface area (Å²) in [5.41, 5.74) is 5.59. The largest absolute Gasteiger partial charge is 0.398 e. The van der Waals surface area contributed by atoms with Gasteiger partial charge in [-0.1, -0.05) is 23.2 Å². The summed E-state index contributed by atoms with van der Waals surface area (Å²) >= 11 is 11.6. The number of halogens is 2. The van der Waals surface area contributed by atoms with E-state index in [0.717, 1.165) is 0 Å². The third-order valence-corrected chi connectivity index (χ3v) is 4.61. The number of hydrogen-bond acceptors (Lipinski definition) is 4. The Labute approximate surface area is 134 Å². The second-order valence-corrected chi connectivity index (χ2v) is 7.22. The van der Waals surface area contributed by atoms with Crippen LogP contribution in [0.4, 0.5) is 5.69 Å². The lowest BCUT2D eigenvalue weighted by molar-refractivity contribution is -0.121. The van der Waals surface area contributed by atoms with E-state index in [0.29, 0.717) is 0 Å². The molecular weight excluding hydrogens is 337 g/mol. The zero-order valence-electron chi connectivity index (χ0n) is 11.6. The molecule has 6 nitrogen and oxygen atoms in total. The lowest BCUT2D eigenvalue weighted by atomic mass is 10.3. The smallest absolute Gasteiger partial charge is 0.244 e. The second kappa shape index (κ2) is 7.31. The first kappa shape index (κ1) is 18.0. The van der Waals surface area contributed by atoms with Crippen LogP contribution in [0.2, 0.25) is 10.0 Å². The number of amides is 1. The van der Waals surface area contributed by atoms with E-state index in [4.69, 9.17) is 28.9 Å². The van der Waals surface area contributed by atoms with E-state index < -0.39 is 10.0 Å². The molecule has 21 heavy (non-hydrogen) atoms. The molecule has 1 aromatic rings. The number of nitrogen functional groups attached to an aromatic ring is 1. The lowest BCUT2D eigenvalue weighted by Gasteiger charge is -2.12. The average molecular weight is 354 g/mol. The normalized spacial score (nSPS) is 11.7. The maximum Gasteiger partial charge on any atom is 0.244 e. The van der Waals surface area contributed by atoms with Crippen LogP contribution in [0.25, 0.3) is 0 Å². The van der Waals surface area contributed by atoms with Gasteiger partial charge in [0.1, 0.15) is 4.90 Å². The van der Waals surface area contributed by atoms with E-state index in [-0.39, 0.29) is 45.5 Å². The van der Waals surface area contributed by atoms with Crippen LogP contribution in [-0.4, -0.2) is 26.9 Å². The standard InChI is InChI=1S/C12H17Cl2N3O3S/c1-7(2)17-11(18)3-4-16-21(19,20)12-9(14)5-8(13)6-10(12)15/h5-7,16H,3-4,15H2,1-2H3,(H,17,18). The van der Waals surface area contributed by atoms with Gasteiger partial charge in [0, 0.05) is 24.0 Å². The van der Waals surface area contributed by atoms with Crippen LogP contribution >= 0.6 is 23.2 Å². The molecule has 0 aliphatic rings. The van der Waals surface area contributed by atoms with Crippen molar-refractivity contribution in [2.45, 2.75) is 31.2 Å². The predicted molar refractivity (Wildman–Crippen MR) is 84.0 cm³/mol. The van der Waals surface area contributed by atoms with Crippen molar-refractivity contribution in [1.29, 1.82) is 0 Å². The van der Waals surface area contributed by atoms with Crippen molar-refractivity contribution in [3.05, 3.63) is 22.2 Å². The van der Waals surface area contributed by atoms with Crippen molar-refractivity contribution in [2.24, 2.45) is 0 Å². The van der Waals surface area contributed by atoms with E-state index >= 15 is 0 Å². The van der Waals surface area contributed by atoms with Gasteiger partial charge in [0.2, 0.25) is 15.9 Å². The highest BCUT2D eigenvalue weighted by molar-refractivity contribution is 7.89. The summed E-state index contributed by atoms with van der Waals surface area (Å²) in [6.45, 7) is 3.58. The minimum absolute atomic E-state index is 0.00420. The van der Waals surface area contributed by atoms with Gasteiger partial charge >= 0.3 is 0 Å². The van der Waals surface area contributed by atoms with Crippen LogP contribution in [0.1, 0.15) is 20.3 Å². The van der Waals surface area contributed by atoms with Crippen LogP contribution in [-0.2, 0) is 14.8 Å². The summed E-state index contributed by atoms with van der Waals surface area (Å²) in [5, 5.41) is 2.83. The zero-order chi connectivity index (χ0) is 16.2.